The molecule has 0 bridgehead atoms. The van der Waals surface area contributed by atoms with E-state index in [1.165, 1.54) is 7.11 Å². The van der Waals surface area contributed by atoms with Gasteiger partial charge in [0.2, 0.25) is 0 Å². The van der Waals surface area contributed by atoms with Crippen LogP contribution in [0.25, 0.3) is 0 Å². The molecule has 0 spiro atoms. The SMILES string of the molecule is C#CCOc1ccc(CCNC(=O)[C@@H](COCc2ccccc2)OC)cc1OC. The minimum atomic E-state index is -0.659. The first-order valence-corrected chi connectivity index (χ1v) is 9.33. The fraction of sp³-hybridized carbons (Fsp3) is 0.348. The number of ether oxygens (including phenoxy) is 4. The molecule has 6 heteroatoms. The van der Waals surface area contributed by atoms with Crippen molar-refractivity contribution in [2.45, 2.75) is 19.1 Å². The molecule has 0 saturated heterocycles. The van der Waals surface area contributed by atoms with Gasteiger partial charge in [0.15, 0.2) is 17.6 Å². The molecule has 0 aromatic heterocycles. The van der Waals surface area contributed by atoms with Crippen LogP contribution in [-0.4, -0.2) is 46.0 Å². The fourth-order valence-electron chi connectivity index (χ4n) is 2.66. The number of nitrogens with one attached hydrogen (secondary N) is 1. The van der Waals surface area contributed by atoms with Crippen LogP contribution in [0.5, 0.6) is 11.5 Å². The van der Waals surface area contributed by atoms with Crippen molar-refractivity contribution in [2.75, 3.05) is 34.0 Å². The largest absolute Gasteiger partial charge is 0.493 e. The molecule has 0 unspecified atom stereocenters. The molecule has 0 aliphatic carbocycles. The molecule has 1 atom stereocenters. The Kier molecular flexibility index (Phi) is 9.56. The molecule has 154 valence electrons. The summed E-state index contributed by atoms with van der Waals surface area (Å²) in [7, 11) is 3.07. The Bertz CT molecular complexity index is 801. The van der Waals surface area contributed by atoms with E-state index in [9.17, 15) is 4.79 Å². The molecular formula is C23H27NO5. The maximum Gasteiger partial charge on any atom is 0.251 e. The Balaban J connectivity index is 1.77. The molecule has 0 radical (unpaired) electrons. The van der Waals surface area contributed by atoms with Crippen molar-refractivity contribution in [3.8, 4) is 23.8 Å². The van der Waals surface area contributed by atoms with E-state index >= 15 is 0 Å². The molecular weight excluding hydrogens is 370 g/mol. The fourth-order valence-corrected chi connectivity index (χ4v) is 2.66. The van der Waals surface area contributed by atoms with Crippen LogP contribution in [0.2, 0.25) is 0 Å². The first kappa shape index (κ1) is 22.3. The third-order valence-corrected chi connectivity index (χ3v) is 4.21. The van der Waals surface area contributed by atoms with Crippen LogP contribution >= 0.6 is 0 Å². The number of amides is 1. The number of rotatable bonds is 12. The zero-order valence-electron chi connectivity index (χ0n) is 16.9. The molecule has 0 aliphatic rings. The molecule has 2 aromatic rings. The van der Waals surface area contributed by atoms with Crippen molar-refractivity contribution in [3.05, 3.63) is 59.7 Å². The van der Waals surface area contributed by atoms with Crippen molar-refractivity contribution in [3.63, 3.8) is 0 Å². The molecule has 0 saturated carbocycles. The van der Waals surface area contributed by atoms with Crippen LogP contribution in [0.3, 0.4) is 0 Å². The minimum absolute atomic E-state index is 0.177. The first-order valence-electron chi connectivity index (χ1n) is 9.33. The topological polar surface area (TPSA) is 66.0 Å². The lowest BCUT2D eigenvalue weighted by Crippen LogP contribution is -2.39. The zero-order valence-corrected chi connectivity index (χ0v) is 16.9. The lowest BCUT2D eigenvalue weighted by Gasteiger charge is -2.16. The van der Waals surface area contributed by atoms with Crippen LogP contribution in [-0.2, 0) is 27.3 Å². The lowest BCUT2D eigenvalue weighted by atomic mass is 10.1. The molecule has 6 nitrogen and oxygen atoms in total. The van der Waals surface area contributed by atoms with Gasteiger partial charge in [-0.1, -0.05) is 42.3 Å². The highest BCUT2D eigenvalue weighted by Crippen LogP contribution is 2.28. The van der Waals surface area contributed by atoms with Gasteiger partial charge in [0.05, 0.1) is 20.3 Å². The number of hydrogen-bond acceptors (Lipinski definition) is 5. The number of carbonyl (C=O) groups is 1. The van der Waals surface area contributed by atoms with Crippen molar-refractivity contribution in [1.29, 1.82) is 0 Å². The molecule has 1 N–H and O–H groups in total. The second-order valence-electron chi connectivity index (χ2n) is 6.24. The highest BCUT2D eigenvalue weighted by molar-refractivity contribution is 5.80. The Morgan fingerprint density at radius 3 is 2.59 bits per heavy atom. The van der Waals surface area contributed by atoms with Gasteiger partial charge in [-0.25, -0.2) is 0 Å². The van der Waals surface area contributed by atoms with E-state index < -0.39 is 6.10 Å². The smallest absolute Gasteiger partial charge is 0.251 e. The quantitative estimate of drug-likeness (QED) is 0.558. The summed E-state index contributed by atoms with van der Waals surface area (Å²) in [5, 5.41) is 2.87. The van der Waals surface area contributed by atoms with Crippen LogP contribution in [0.4, 0.5) is 0 Å². The van der Waals surface area contributed by atoms with Crippen molar-refractivity contribution in [2.24, 2.45) is 0 Å². The molecule has 0 fully saturated rings. The van der Waals surface area contributed by atoms with Gasteiger partial charge >= 0.3 is 0 Å². The van der Waals surface area contributed by atoms with Gasteiger partial charge in [0.25, 0.3) is 5.91 Å². The molecule has 1 amide bonds. The van der Waals surface area contributed by atoms with Gasteiger partial charge in [-0.2, -0.15) is 0 Å². The van der Waals surface area contributed by atoms with Crippen molar-refractivity contribution < 1.29 is 23.7 Å². The molecule has 29 heavy (non-hydrogen) atoms. The van der Waals surface area contributed by atoms with E-state index in [-0.39, 0.29) is 19.1 Å². The van der Waals surface area contributed by atoms with Crippen molar-refractivity contribution in [1.82, 2.24) is 5.32 Å². The van der Waals surface area contributed by atoms with Gasteiger partial charge in [-0.3, -0.25) is 4.79 Å². The predicted octanol–water partition coefficient (Wildman–Crippen LogP) is 2.60. The van der Waals surface area contributed by atoms with E-state index in [0.29, 0.717) is 31.1 Å². The summed E-state index contributed by atoms with van der Waals surface area (Å²) >= 11 is 0. The summed E-state index contributed by atoms with van der Waals surface area (Å²) in [5.41, 5.74) is 2.05. The second kappa shape index (κ2) is 12.4. The zero-order chi connectivity index (χ0) is 20.9. The van der Waals surface area contributed by atoms with E-state index in [2.05, 4.69) is 11.2 Å². The minimum Gasteiger partial charge on any atom is -0.493 e. The van der Waals surface area contributed by atoms with Gasteiger partial charge in [-0.15, -0.1) is 6.42 Å². The number of methoxy groups -OCH3 is 2. The van der Waals surface area contributed by atoms with Gasteiger partial charge in [0, 0.05) is 13.7 Å². The lowest BCUT2D eigenvalue weighted by molar-refractivity contribution is -0.135. The van der Waals surface area contributed by atoms with E-state index in [1.807, 2.05) is 48.5 Å². The summed E-state index contributed by atoms with van der Waals surface area (Å²) < 4.78 is 21.6. The first-order chi connectivity index (χ1) is 14.2. The molecule has 2 rings (SSSR count). The molecule has 0 aliphatic heterocycles. The van der Waals surface area contributed by atoms with Crippen LogP contribution < -0.4 is 14.8 Å². The average Bonchev–Trinajstić information content (AvgIpc) is 2.76. The summed E-state index contributed by atoms with van der Waals surface area (Å²) in [6, 6.07) is 15.4. The van der Waals surface area contributed by atoms with E-state index in [1.54, 1.807) is 7.11 Å². The van der Waals surface area contributed by atoms with Crippen molar-refractivity contribution >= 4 is 5.91 Å². The monoisotopic (exact) mass is 397 g/mol. The van der Waals surface area contributed by atoms with Crippen LogP contribution in [0, 0.1) is 12.3 Å². The summed E-state index contributed by atoms with van der Waals surface area (Å²) in [6.45, 7) is 1.26. The summed E-state index contributed by atoms with van der Waals surface area (Å²) in [4.78, 5) is 12.3. The van der Waals surface area contributed by atoms with Crippen LogP contribution in [0.1, 0.15) is 11.1 Å². The number of carbonyl (C=O) groups excluding carboxylic acids is 1. The Morgan fingerprint density at radius 1 is 1.10 bits per heavy atom. The highest BCUT2D eigenvalue weighted by Gasteiger charge is 2.17. The third kappa shape index (κ3) is 7.49. The Morgan fingerprint density at radius 2 is 1.90 bits per heavy atom. The third-order valence-electron chi connectivity index (χ3n) is 4.21. The average molecular weight is 397 g/mol. The maximum atomic E-state index is 12.3. The Labute approximate surface area is 172 Å². The predicted molar refractivity (Wildman–Crippen MR) is 111 cm³/mol. The molecule has 0 heterocycles. The normalized spacial score (nSPS) is 11.3. The standard InChI is InChI=1S/C23H27NO5/c1-4-14-29-20-11-10-18(15-21(20)26-2)12-13-24-23(25)22(27-3)17-28-16-19-8-6-5-7-9-19/h1,5-11,15,22H,12-14,16-17H2,2-3H3,(H,24,25)/t22-/m1/s1. The van der Waals surface area contributed by atoms with Gasteiger partial charge in [0.1, 0.15) is 6.61 Å². The van der Waals surface area contributed by atoms with Crippen LogP contribution in [0.15, 0.2) is 48.5 Å². The number of hydrogen-bond donors (Lipinski definition) is 1. The molecule has 2 aromatic carbocycles. The maximum absolute atomic E-state index is 12.3. The second-order valence-corrected chi connectivity index (χ2v) is 6.24. The van der Waals surface area contributed by atoms with E-state index in [4.69, 9.17) is 25.4 Å². The summed E-state index contributed by atoms with van der Waals surface area (Å²) in [6.07, 6.45) is 5.19. The number of benzene rings is 2. The van der Waals surface area contributed by atoms with E-state index in [0.717, 1.165) is 11.1 Å². The van der Waals surface area contributed by atoms with Gasteiger partial charge < -0.3 is 24.3 Å². The highest BCUT2D eigenvalue weighted by atomic mass is 16.5. The number of terminal acetylenes is 1. The van der Waals surface area contributed by atoms with Gasteiger partial charge in [-0.05, 0) is 29.7 Å². The summed E-state index contributed by atoms with van der Waals surface area (Å²) in [5.74, 6) is 3.41. The Hall–Kier alpha value is -3.01.